The van der Waals surface area contributed by atoms with E-state index >= 15 is 0 Å². The van der Waals surface area contributed by atoms with E-state index in [1.807, 2.05) is 0 Å². The number of aromatic nitrogens is 2. The topological polar surface area (TPSA) is 54.9 Å². The third-order valence-corrected chi connectivity index (χ3v) is 2.89. The van der Waals surface area contributed by atoms with E-state index in [1.165, 1.54) is 26.0 Å². The highest BCUT2D eigenvalue weighted by Gasteiger charge is 2.30. The Morgan fingerprint density at radius 3 is 2.25 bits per heavy atom. The number of alkyl halides is 3. The molecule has 0 fully saturated rings. The summed E-state index contributed by atoms with van der Waals surface area (Å²) in [5.74, 6) is 0. The third kappa shape index (κ3) is 2.52. The first-order valence-electron chi connectivity index (χ1n) is 5.71. The van der Waals surface area contributed by atoms with Crippen LogP contribution in [-0.4, -0.2) is 9.55 Å². The van der Waals surface area contributed by atoms with E-state index < -0.39 is 23.0 Å². The van der Waals surface area contributed by atoms with Crippen LogP contribution in [0.1, 0.15) is 16.8 Å². The van der Waals surface area contributed by atoms with Crippen molar-refractivity contribution in [2.45, 2.75) is 20.0 Å². The fraction of sp³-hybridized carbons (Fsp3) is 0.231. The van der Waals surface area contributed by atoms with Crippen molar-refractivity contribution in [3.63, 3.8) is 0 Å². The molecule has 0 radical (unpaired) electrons. The van der Waals surface area contributed by atoms with Gasteiger partial charge >= 0.3 is 11.9 Å². The Bertz CT molecular complexity index is 772. The Labute approximate surface area is 111 Å². The standard InChI is InChI=1S/C13H11F3N2O2/c1-7-5-9(13(14,15)16)3-4-10(7)18-8(2)6-11(19)17-12(18)20/h3-6H,1-2H3,(H,17,19,20). The van der Waals surface area contributed by atoms with Crippen LogP contribution in [0, 0.1) is 13.8 Å². The fourth-order valence-corrected chi connectivity index (χ4v) is 1.99. The average molecular weight is 284 g/mol. The molecule has 0 saturated carbocycles. The number of halogens is 3. The Morgan fingerprint density at radius 2 is 1.75 bits per heavy atom. The highest BCUT2D eigenvalue weighted by Crippen LogP contribution is 2.31. The summed E-state index contributed by atoms with van der Waals surface area (Å²) in [5.41, 5.74) is -1.07. The highest BCUT2D eigenvalue weighted by atomic mass is 19.4. The smallest absolute Gasteiger partial charge is 0.274 e. The molecular formula is C13H11F3N2O2. The Kier molecular flexibility index (Phi) is 3.29. The Hall–Kier alpha value is -2.31. The summed E-state index contributed by atoms with van der Waals surface area (Å²) in [6.07, 6.45) is -4.44. The maximum Gasteiger partial charge on any atom is 0.416 e. The van der Waals surface area contributed by atoms with Crippen LogP contribution < -0.4 is 11.2 Å². The van der Waals surface area contributed by atoms with Gasteiger partial charge in [-0.05, 0) is 37.6 Å². The molecule has 20 heavy (non-hydrogen) atoms. The molecule has 1 aromatic carbocycles. The van der Waals surface area contributed by atoms with Crippen LogP contribution in [0.5, 0.6) is 0 Å². The van der Waals surface area contributed by atoms with Gasteiger partial charge in [0.25, 0.3) is 5.56 Å². The van der Waals surface area contributed by atoms with E-state index in [2.05, 4.69) is 4.98 Å². The lowest BCUT2D eigenvalue weighted by atomic mass is 10.1. The zero-order chi connectivity index (χ0) is 15.1. The zero-order valence-electron chi connectivity index (χ0n) is 10.7. The third-order valence-electron chi connectivity index (χ3n) is 2.89. The monoisotopic (exact) mass is 284 g/mol. The van der Waals surface area contributed by atoms with Crippen LogP contribution in [0.3, 0.4) is 0 Å². The minimum Gasteiger partial charge on any atom is -0.274 e. The molecule has 0 amide bonds. The number of nitrogens with one attached hydrogen (secondary N) is 1. The van der Waals surface area contributed by atoms with Gasteiger partial charge in [-0.25, -0.2) is 4.79 Å². The summed E-state index contributed by atoms with van der Waals surface area (Å²) in [6, 6.07) is 4.29. The molecule has 0 unspecified atom stereocenters. The summed E-state index contributed by atoms with van der Waals surface area (Å²) in [6.45, 7) is 3.01. The molecule has 0 saturated heterocycles. The number of aromatic amines is 1. The normalized spacial score (nSPS) is 11.7. The lowest BCUT2D eigenvalue weighted by Gasteiger charge is -2.14. The van der Waals surface area contributed by atoms with Crippen LogP contribution in [0.2, 0.25) is 0 Å². The van der Waals surface area contributed by atoms with Crippen molar-refractivity contribution in [2.75, 3.05) is 0 Å². The van der Waals surface area contributed by atoms with E-state index in [4.69, 9.17) is 0 Å². The number of rotatable bonds is 1. The number of aryl methyl sites for hydroxylation is 2. The summed E-state index contributed by atoms with van der Waals surface area (Å²) < 4.78 is 39.0. The summed E-state index contributed by atoms with van der Waals surface area (Å²) in [4.78, 5) is 25.0. The zero-order valence-corrected chi connectivity index (χ0v) is 10.7. The van der Waals surface area contributed by atoms with Crippen molar-refractivity contribution in [3.05, 3.63) is 61.9 Å². The van der Waals surface area contributed by atoms with E-state index in [1.54, 1.807) is 0 Å². The lowest BCUT2D eigenvalue weighted by Crippen LogP contribution is -2.30. The first-order chi connectivity index (χ1) is 9.20. The second-order valence-corrected chi connectivity index (χ2v) is 4.41. The van der Waals surface area contributed by atoms with Crippen molar-refractivity contribution >= 4 is 0 Å². The van der Waals surface area contributed by atoms with Crippen molar-refractivity contribution in [3.8, 4) is 5.69 Å². The quantitative estimate of drug-likeness (QED) is 0.872. The van der Waals surface area contributed by atoms with E-state index in [-0.39, 0.29) is 5.56 Å². The molecule has 1 aromatic heterocycles. The van der Waals surface area contributed by atoms with Gasteiger partial charge in [0, 0.05) is 11.8 Å². The summed E-state index contributed by atoms with van der Waals surface area (Å²) >= 11 is 0. The molecule has 7 heteroatoms. The molecule has 106 valence electrons. The molecular weight excluding hydrogens is 273 g/mol. The van der Waals surface area contributed by atoms with Crippen molar-refractivity contribution < 1.29 is 13.2 Å². The van der Waals surface area contributed by atoms with Gasteiger partial charge in [-0.2, -0.15) is 13.2 Å². The SMILES string of the molecule is Cc1cc(C(F)(F)F)ccc1-n1c(C)cc(=O)[nH]c1=O. The first-order valence-corrected chi connectivity index (χ1v) is 5.71. The number of H-pyrrole nitrogens is 1. The predicted molar refractivity (Wildman–Crippen MR) is 67.1 cm³/mol. The number of benzene rings is 1. The van der Waals surface area contributed by atoms with E-state index in [0.717, 1.165) is 16.7 Å². The maximum atomic E-state index is 12.6. The minimum atomic E-state index is -4.44. The highest BCUT2D eigenvalue weighted by molar-refractivity contribution is 5.44. The van der Waals surface area contributed by atoms with E-state index in [9.17, 15) is 22.8 Å². The maximum absolute atomic E-state index is 12.6. The largest absolute Gasteiger partial charge is 0.416 e. The van der Waals surface area contributed by atoms with E-state index in [0.29, 0.717) is 11.4 Å². The van der Waals surface area contributed by atoms with Gasteiger partial charge in [0.2, 0.25) is 0 Å². The van der Waals surface area contributed by atoms with Gasteiger partial charge in [0.05, 0.1) is 11.3 Å². The van der Waals surface area contributed by atoms with Gasteiger partial charge < -0.3 is 0 Å². The van der Waals surface area contributed by atoms with Gasteiger partial charge in [0.15, 0.2) is 0 Å². The van der Waals surface area contributed by atoms with Gasteiger partial charge in [-0.3, -0.25) is 14.3 Å². The van der Waals surface area contributed by atoms with Crippen molar-refractivity contribution in [1.82, 2.24) is 9.55 Å². The predicted octanol–water partition coefficient (Wildman–Crippen LogP) is 2.16. The van der Waals surface area contributed by atoms with Gasteiger partial charge in [-0.15, -0.1) is 0 Å². The van der Waals surface area contributed by atoms with Crippen LogP contribution in [0.4, 0.5) is 13.2 Å². The van der Waals surface area contributed by atoms with Gasteiger partial charge in [0.1, 0.15) is 0 Å². The number of hydrogen-bond donors (Lipinski definition) is 1. The number of nitrogens with zero attached hydrogens (tertiary/aromatic N) is 1. The van der Waals surface area contributed by atoms with Gasteiger partial charge in [-0.1, -0.05) is 0 Å². The second-order valence-electron chi connectivity index (χ2n) is 4.41. The lowest BCUT2D eigenvalue weighted by molar-refractivity contribution is -0.137. The molecule has 4 nitrogen and oxygen atoms in total. The van der Waals surface area contributed by atoms with Crippen LogP contribution >= 0.6 is 0 Å². The molecule has 0 aliphatic carbocycles. The van der Waals surface area contributed by atoms with Crippen molar-refractivity contribution in [2.24, 2.45) is 0 Å². The molecule has 1 heterocycles. The molecule has 2 rings (SSSR count). The van der Waals surface area contributed by atoms with Crippen LogP contribution in [0.25, 0.3) is 5.69 Å². The van der Waals surface area contributed by atoms with Crippen LogP contribution in [-0.2, 0) is 6.18 Å². The Balaban J connectivity index is 2.67. The average Bonchev–Trinajstić information content (AvgIpc) is 2.28. The molecule has 2 aromatic rings. The number of hydrogen-bond acceptors (Lipinski definition) is 2. The fourth-order valence-electron chi connectivity index (χ4n) is 1.99. The summed E-state index contributed by atoms with van der Waals surface area (Å²) in [5, 5.41) is 0. The summed E-state index contributed by atoms with van der Waals surface area (Å²) in [7, 11) is 0. The molecule has 0 aliphatic heterocycles. The second kappa shape index (κ2) is 4.66. The molecule has 0 spiro atoms. The van der Waals surface area contributed by atoms with Crippen molar-refractivity contribution in [1.29, 1.82) is 0 Å². The molecule has 0 bridgehead atoms. The molecule has 0 aliphatic rings. The minimum absolute atomic E-state index is 0.289. The first kappa shape index (κ1) is 14.1. The van der Waals surface area contributed by atoms with Crippen LogP contribution in [0.15, 0.2) is 33.9 Å². The molecule has 1 N–H and O–H groups in total. The molecule has 0 atom stereocenters. The Morgan fingerprint density at radius 1 is 1.10 bits per heavy atom.